The third kappa shape index (κ3) is 4.66. The SMILES string of the molecule is Cc1ncc([N+](=O)[O-])n1CCN(C)CCCC(=O)O. The Morgan fingerprint density at radius 3 is 2.84 bits per heavy atom. The van der Waals surface area contributed by atoms with Crippen LogP contribution in [0.15, 0.2) is 6.20 Å². The lowest BCUT2D eigenvalue weighted by molar-refractivity contribution is -0.392. The van der Waals surface area contributed by atoms with Gasteiger partial charge in [-0.2, -0.15) is 0 Å². The van der Waals surface area contributed by atoms with Crippen molar-refractivity contribution < 1.29 is 14.8 Å². The highest BCUT2D eigenvalue weighted by atomic mass is 16.6. The summed E-state index contributed by atoms with van der Waals surface area (Å²) in [5, 5.41) is 19.3. The van der Waals surface area contributed by atoms with Crippen LogP contribution >= 0.6 is 0 Å². The normalized spacial score (nSPS) is 10.9. The number of hydrogen-bond acceptors (Lipinski definition) is 5. The third-order valence-corrected chi connectivity index (χ3v) is 2.86. The van der Waals surface area contributed by atoms with Crippen LogP contribution in [-0.2, 0) is 11.3 Å². The van der Waals surface area contributed by atoms with E-state index >= 15 is 0 Å². The molecule has 0 spiro atoms. The van der Waals surface area contributed by atoms with Gasteiger partial charge in [0.25, 0.3) is 0 Å². The first kappa shape index (κ1) is 15.1. The van der Waals surface area contributed by atoms with Crippen LogP contribution < -0.4 is 0 Å². The van der Waals surface area contributed by atoms with Gasteiger partial charge >= 0.3 is 11.8 Å². The largest absolute Gasteiger partial charge is 0.481 e. The van der Waals surface area contributed by atoms with Crippen molar-refractivity contribution in [3.63, 3.8) is 0 Å². The first-order valence-corrected chi connectivity index (χ1v) is 5.98. The minimum atomic E-state index is -0.811. The second kappa shape index (κ2) is 6.83. The fourth-order valence-electron chi connectivity index (χ4n) is 1.76. The molecular formula is C11H18N4O4. The summed E-state index contributed by atoms with van der Waals surface area (Å²) in [5.41, 5.74) is 0. The van der Waals surface area contributed by atoms with Crippen LogP contribution in [0.25, 0.3) is 0 Å². The summed E-state index contributed by atoms with van der Waals surface area (Å²) in [6.07, 6.45) is 1.95. The van der Waals surface area contributed by atoms with Gasteiger partial charge in [0.15, 0.2) is 5.82 Å². The van der Waals surface area contributed by atoms with E-state index in [4.69, 9.17) is 5.11 Å². The summed E-state index contributed by atoms with van der Waals surface area (Å²) in [7, 11) is 1.86. The van der Waals surface area contributed by atoms with Crippen LogP contribution in [-0.4, -0.2) is 50.6 Å². The standard InChI is InChI=1S/C11H18N4O4/c1-9-12-8-10(15(18)19)14(9)7-6-13(2)5-3-4-11(16)17/h8H,3-7H2,1-2H3,(H,16,17). The fourth-order valence-corrected chi connectivity index (χ4v) is 1.76. The van der Waals surface area contributed by atoms with Crippen LogP contribution in [0.2, 0.25) is 0 Å². The van der Waals surface area contributed by atoms with E-state index in [0.29, 0.717) is 31.9 Å². The first-order chi connectivity index (χ1) is 8.91. The number of aryl methyl sites for hydroxylation is 1. The van der Waals surface area contributed by atoms with Gasteiger partial charge in [-0.05, 0) is 24.9 Å². The number of imidazole rings is 1. The van der Waals surface area contributed by atoms with Crippen LogP contribution in [0.5, 0.6) is 0 Å². The minimum absolute atomic E-state index is 0.0172. The molecular weight excluding hydrogens is 252 g/mol. The zero-order valence-electron chi connectivity index (χ0n) is 11.1. The van der Waals surface area contributed by atoms with E-state index in [1.165, 1.54) is 6.20 Å². The van der Waals surface area contributed by atoms with Gasteiger partial charge in [-0.1, -0.05) is 0 Å². The Kier molecular flexibility index (Phi) is 5.43. The highest BCUT2D eigenvalue weighted by Gasteiger charge is 2.17. The summed E-state index contributed by atoms with van der Waals surface area (Å²) in [6.45, 7) is 3.44. The smallest absolute Gasteiger partial charge is 0.342 e. The van der Waals surface area contributed by atoms with Crippen LogP contribution in [0.4, 0.5) is 5.82 Å². The van der Waals surface area contributed by atoms with Gasteiger partial charge in [-0.15, -0.1) is 0 Å². The molecule has 19 heavy (non-hydrogen) atoms. The Morgan fingerprint density at radius 1 is 1.58 bits per heavy atom. The van der Waals surface area contributed by atoms with Gasteiger partial charge in [0.1, 0.15) is 12.7 Å². The highest BCUT2D eigenvalue weighted by Crippen LogP contribution is 2.13. The van der Waals surface area contributed by atoms with Crippen molar-refractivity contribution in [3.8, 4) is 0 Å². The van der Waals surface area contributed by atoms with Crippen LogP contribution in [0.1, 0.15) is 18.7 Å². The molecule has 8 nitrogen and oxygen atoms in total. The zero-order valence-corrected chi connectivity index (χ0v) is 11.1. The molecule has 0 bridgehead atoms. The topological polar surface area (TPSA) is 102 Å². The molecule has 0 amide bonds. The Labute approximate surface area is 110 Å². The second-order valence-corrected chi connectivity index (χ2v) is 4.37. The molecule has 106 valence electrons. The molecule has 0 fully saturated rings. The molecule has 0 atom stereocenters. The molecule has 0 radical (unpaired) electrons. The quantitative estimate of drug-likeness (QED) is 0.556. The number of rotatable bonds is 8. The van der Waals surface area contributed by atoms with E-state index in [9.17, 15) is 14.9 Å². The molecule has 1 heterocycles. The average molecular weight is 270 g/mol. The lowest BCUT2D eigenvalue weighted by atomic mass is 10.3. The van der Waals surface area contributed by atoms with E-state index in [1.807, 2.05) is 11.9 Å². The molecule has 0 unspecified atom stereocenters. The molecule has 0 aliphatic heterocycles. The number of carboxylic acid groups (broad SMARTS) is 1. The van der Waals surface area contributed by atoms with Gasteiger partial charge in [0, 0.05) is 19.9 Å². The molecule has 0 aliphatic rings. The number of nitrogens with zero attached hydrogens (tertiary/aromatic N) is 4. The number of carbonyl (C=O) groups is 1. The molecule has 1 N–H and O–H groups in total. The monoisotopic (exact) mass is 270 g/mol. The van der Waals surface area contributed by atoms with E-state index in [0.717, 1.165) is 0 Å². The Bertz CT molecular complexity index is 458. The van der Waals surface area contributed by atoms with Crippen molar-refractivity contribution in [2.45, 2.75) is 26.3 Å². The zero-order chi connectivity index (χ0) is 14.4. The average Bonchev–Trinajstić information content (AvgIpc) is 2.67. The van der Waals surface area contributed by atoms with Crippen molar-refractivity contribution in [2.75, 3.05) is 20.1 Å². The predicted octanol–water partition coefficient (Wildman–Crippen LogP) is 0.896. The van der Waals surface area contributed by atoms with Gasteiger partial charge in [0.05, 0.1) is 0 Å². The Hall–Kier alpha value is -1.96. The number of aromatic nitrogens is 2. The fraction of sp³-hybridized carbons (Fsp3) is 0.636. The van der Waals surface area contributed by atoms with Crippen molar-refractivity contribution >= 4 is 11.8 Å². The summed E-state index contributed by atoms with van der Waals surface area (Å²) < 4.78 is 1.55. The summed E-state index contributed by atoms with van der Waals surface area (Å²) in [4.78, 5) is 26.6. The van der Waals surface area contributed by atoms with E-state index in [-0.39, 0.29) is 12.2 Å². The Balaban J connectivity index is 2.46. The van der Waals surface area contributed by atoms with E-state index in [2.05, 4.69) is 4.98 Å². The number of hydrogen-bond donors (Lipinski definition) is 1. The van der Waals surface area contributed by atoms with Crippen LogP contribution in [0, 0.1) is 17.0 Å². The highest BCUT2D eigenvalue weighted by molar-refractivity contribution is 5.66. The third-order valence-electron chi connectivity index (χ3n) is 2.86. The number of nitro groups is 1. The first-order valence-electron chi connectivity index (χ1n) is 5.98. The predicted molar refractivity (Wildman–Crippen MR) is 68.0 cm³/mol. The molecule has 0 aliphatic carbocycles. The van der Waals surface area contributed by atoms with Gasteiger partial charge in [-0.3, -0.25) is 4.79 Å². The molecule has 0 saturated carbocycles. The summed E-state index contributed by atoms with van der Waals surface area (Å²) >= 11 is 0. The Morgan fingerprint density at radius 2 is 2.26 bits per heavy atom. The summed E-state index contributed by atoms with van der Waals surface area (Å²) in [5.74, 6) is -0.225. The van der Waals surface area contributed by atoms with Gasteiger partial charge in [0.2, 0.25) is 0 Å². The number of carboxylic acids is 1. The van der Waals surface area contributed by atoms with E-state index in [1.54, 1.807) is 11.5 Å². The second-order valence-electron chi connectivity index (χ2n) is 4.37. The molecule has 8 heteroatoms. The maximum atomic E-state index is 10.8. The van der Waals surface area contributed by atoms with Crippen molar-refractivity contribution in [1.82, 2.24) is 14.5 Å². The van der Waals surface area contributed by atoms with E-state index < -0.39 is 10.9 Å². The number of likely N-dealkylation sites (N-methyl/N-ethyl adjacent to an activating group) is 1. The van der Waals surface area contributed by atoms with Crippen molar-refractivity contribution in [1.29, 1.82) is 0 Å². The molecule has 1 rings (SSSR count). The number of aliphatic carboxylic acids is 1. The summed E-state index contributed by atoms with van der Waals surface area (Å²) in [6, 6.07) is 0. The van der Waals surface area contributed by atoms with Gasteiger partial charge < -0.3 is 20.1 Å². The van der Waals surface area contributed by atoms with Crippen molar-refractivity contribution in [2.24, 2.45) is 0 Å². The van der Waals surface area contributed by atoms with Crippen molar-refractivity contribution in [3.05, 3.63) is 22.1 Å². The maximum absolute atomic E-state index is 10.8. The molecule has 0 saturated heterocycles. The van der Waals surface area contributed by atoms with Gasteiger partial charge in [-0.25, -0.2) is 9.55 Å². The molecule has 1 aromatic rings. The molecule has 0 aromatic carbocycles. The lowest BCUT2D eigenvalue weighted by Crippen LogP contribution is -2.25. The minimum Gasteiger partial charge on any atom is -0.481 e. The van der Waals surface area contributed by atoms with Crippen LogP contribution in [0.3, 0.4) is 0 Å². The molecule has 1 aromatic heterocycles. The lowest BCUT2D eigenvalue weighted by Gasteiger charge is -2.15. The maximum Gasteiger partial charge on any atom is 0.342 e.